The maximum Gasteiger partial charge on any atom is 0.321 e. The summed E-state index contributed by atoms with van der Waals surface area (Å²) in [5.74, 6) is 0.932. The van der Waals surface area contributed by atoms with Crippen LogP contribution in [-0.4, -0.2) is 44.9 Å². The molecule has 0 saturated carbocycles. The van der Waals surface area contributed by atoms with Crippen molar-refractivity contribution in [1.82, 2.24) is 13.6 Å². The minimum Gasteiger partial charge on any atom is -0.485 e. The van der Waals surface area contributed by atoms with Gasteiger partial charge >= 0.3 is 6.03 Å². The third kappa shape index (κ3) is 5.30. The minimum absolute atomic E-state index is 0.0975. The Hall–Kier alpha value is -3.65. The SMILES string of the molecule is CC(C)(C)c1ccc(CN2CCC3(CCN(C(=O)Nc4cccc5nsnc45)CC3)Oc3ccccc32)cc1. The molecule has 0 unspecified atom stereocenters. The molecule has 8 heteroatoms. The fraction of sp³-hybridized carbons (Fsp3) is 0.387. The Morgan fingerprint density at radius 3 is 2.46 bits per heavy atom. The van der Waals surface area contributed by atoms with E-state index in [9.17, 15) is 4.79 Å². The van der Waals surface area contributed by atoms with E-state index in [-0.39, 0.29) is 17.0 Å². The summed E-state index contributed by atoms with van der Waals surface area (Å²) in [4.78, 5) is 17.5. The van der Waals surface area contributed by atoms with Gasteiger partial charge in [0.2, 0.25) is 0 Å². The number of likely N-dealkylation sites (tertiary alicyclic amines) is 1. The predicted octanol–water partition coefficient (Wildman–Crippen LogP) is 6.84. The number of para-hydroxylation sites is 2. The van der Waals surface area contributed by atoms with Crippen LogP contribution in [-0.2, 0) is 12.0 Å². The topological polar surface area (TPSA) is 70.6 Å². The van der Waals surface area contributed by atoms with Crippen molar-refractivity contribution >= 4 is 40.2 Å². The number of aromatic nitrogens is 2. The monoisotopic (exact) mass is 541 g/mol. The smallest absolute Gasteiger partial charge is 0.321 e. The lowest BCUT2D eigenvalue weighted by Crippen LogP contribution is -2.51. The van der Waals surface area contributed by atoms with Crippen LogP contribution in [0.1, 0.15) is 51.2 Å². The molecule has 39 heavy (non-hydrogen) atoms. The molecular weight excluding hydrogens is 506 g/mol. The lowest BCUT2D eigenvalue weighted by Gasteiger charge is -2.41. The van der Waals surface area contributed by atoms with Gasteiger partial charge in [-0.25, -0.2) is 4.79 Å². The first-order valence-electron chi connectivity index (χ1n) is 13.7. The summed E-state index contributed by atoms with van der Waals surface area (Å²) in [7, 11) is 0. The zero-order chi connectivity index (χ0) is 27.0. The second-order valence-corrected chi connectivity index (χ2v) is 12.3. The van der Waals surface area contributed by atoms with Crippen molar-refractivity contribution in [3.63, 3.8) is 0 Å². The van der Waals surface area contributed by atoms with E-state index >= 15 is 0 Å². The van der Waals surface area contributed by atoms with Gasteiger partial charge in [0, 0.05) is 45.4 Å². The summed E-state index contributed by atoms with van der Waals surface area (Å²) in [6.45, 7) is 9.78. The Morgan fingerprint density at radius 1 is 0.949 bits per heavy atom. The fourth-order valence-corrected chi connectivity index (χ4v) is 6.16. The van der Waals surface area contributed by atoms with Gasteiger partial charge in [-0.1, -0.05) is 63.2 Å². The number of fused-ring (bicyclic) bond motifs is 2. The van der Waals surface area contributed by atoms with E-state index in [1.54, 1.807) is 0 Å². The van der Waals surface area contributed by atoms with E-state index in [2.05, 4.69) is 82.2 Å². The number of nitrogens with one attached hydrogen (secondary N) is 1. The van der Waals surface area contributed by atoms with E-state index in [0.717, 1.165) is 66.6 Å². The van der Waals surface area contributed by atoms with Gasteiger partial charge in [0.05, 0.1) is 23.1 Å². The highest BCUT2D eigenvalue weighted by Gasteiger charge is 2.40. The lowest BCUT2D eigenvalue weighted by atomic mass is 9.86. The average molecular weight is 542 g/mol. The number of carbonyl (C=O) groups is 1. The van der Waals surface area contributed by atoms with E-state index in [4.69, 9.17) is 4.74 Å². The van der Waals surface area contributed by atoms with Crippen LogP contribution in [0.4, 0.5) is 16.2 Å². The first-order valence-corrected chi connectivity index (χ1v) is 14.4. The van der Waals surface area contributed by atoms with E-state index < -0.39 is 0 Å². The highest BCUT2D eigenvalue weighted by atomic mass is 32.1. The number of carbonyl (C=O) groups excluding carboxylic acids is 1. The van der Waals surface area contributed by atoms with Crippen LogP contribution in [0.2, 0.25) is 0 Å². The average Bonchev–Trinajstić information content (AvgIpc) is 3.36. The van der Waals surface area contributed by atoms with Gasteiger partial charge in [-0.3, -0.25) is 0 Å². The number of anilines is 2. The molecule has 1 spiro atoms. The van der Waals surface area contributed by atoms with E-state index in [1.807, 2.05) is 29.2 Å². The number of urea groups is 1. The van der Waals surface area contributed by atoms with Crippen molar-refractivity contribution in [1.29, 1.82) is 0 Å². The van der Waals surface area contributed by atoms with Crippen molar-refractivity contribution in [2.45, 2.75) is 57.6 Å². The largest absolute Gasteiger partial charge is 0.485 e. The van der Waals surface area contributed by atoms with Gasteiger partial charge in [-0.2, -0.15) is 8.75 Å². The van der Waals surface area contributed by atoms with Crippen molar-refractivity contribution in [3.8, 4) is 5.75 Å². The molecule has 1 saturated heterocycles. The number of amides is 2. The zero-order valence-corrected chi connectivity index (χ0v) is 23.6. The molecule has 202 valence electrons. The molecule has 0 atom stereocenters. The molecule has 1 fully saturated rings. The third-order valence-corrected chi connectivity index (χ3v) is 8.60. The van der Waals surface area contributed by atoms with Crippen LogP contribution in [0.15, 0.2) is 66.7 Å². The van der Waals surface area contributed by atoms with Crippen molar-refractivity contribution in [2.24, 2.45) is 0 Å². The van der Waals surface area contributed by atoms with Gasteiger partial charge in [-0.05, 0) is 40.8 Å². The number of rotatable bonds is 3. The molecule has 0 aliphatic carbocycles. The molecule has 2 amide bonds. The summed E-state index contributed by atoms with van der Waals surface area (Å²) in [5.41, 5.74) is 5.89. The van der Waals surface area contributed by atoms with E-state index in [1.165, 1.54) is 11.1 Å². The highest BCUT2D eigenvalue weighted by Crippen LogP contribution is 2.41. The molecule has 6 rings (SSSR count). The first-order chi connectivity index (χ1) is 18.8. The molecule has 0 radical (unpaired) electrons. The van der Waals surface area contributed by atoms with Crippen LogP contribution in [0.3, 0.4) is 0 Å². The predicted molar refractivity (Wildman–Crippen MR) is 158 cm³/mol. The molecule has 3 aromatic carbocycles. The fourth-order valence-electron chi connectivity index (χ4n) is 5.61. The quantitative estimate of drug-likeness (QED) is 0.307. The van der Waals surface area contributed by atoms with Crippen molar-refractivity contribution in [2.75, 3.05) is 29.9 Å². The maximum absolute atomic E-state index is 13.1. The highest BCUT2D eigenvalue weighted by molar-refractivity contribution is 7.00. The number of piperidine rings is 1. The summed E-state index contributed by atoms with van der Waals surface area (Å²) in [6, 6.07) is 23.0. The number of nitrogens with zero attached hydrogens (tertiary/aromatic N) is 4. The van der Waals surface area contributed by atoms with Crippen molar-refractivity contribution < 1.29 is 9.53 Å². The summed E-state index contributed by atoms with van der Waals surface area (Å²) in [5, 5.41) is 3.05. The van der Waals surface area contributed by atoms with Crippen LogP contribution in [0.25, 0.3) is 11.0 Å². The van der Waals surface area contributed by atoms with Gasteiger partial charge in [0.25, 0.3) is 0 Å². The van der Waals surface area contributed by atoms with Crippen LogP contribution in [0.5, 0.6) is 5.75 Å². The number of benzene rings is 3. The van der Waals surface area contributed by atoms with Crippen molar-refractivity contribution in [3.05, 3.63) is 77.9 Å². The van der Waals surface area contributed by atoms with Crippen LogP contribution < -0.4 is 15.0 Å². The minimum atomic E-state index is -0.281. The molecule has 0 bridgehead atoms. The summed E-state index contributed by atoms with van der Waals surface area (Å²) < 4.78 is 15.4. The summed E-state index contributed by atoms with van der Waals surface area (Å²) in [6.07, 6.45) is 2.51. The zero-order valence-electron chi connectivity index (χ0n) is 22.8. The third-order valence-electron chi connectivity index (χ3n) is 8.05. The standard InChI is InChI=1S/C31H35N5O2S/c1-30(2,3)23-13-11-22(12-14-23)21-36-20-17-31(38-27-10-5-4-9-26(27)36)15-18-35(19-16-31)29(37)32-24-7-6-8-25-28(24)34-39-33-25/h4-14H,15-21H2,1-3H3,(H,32,37). The number of hydrogen-bond acceptors (Lipinski definition) is 6. The van der Waals surface area contributed by atoms with Crippen LogP contribution >= 0.6 is 11.7 Å². The Kier molecular flexibility index (Phi) is 6.67. The summed E-state index contributed by atoms with van der Waals surface area (Å²) >= 11 is 1.16. The molecule has 1 aromatic heterocycles. The Labute approximate surface area is 234 Å². The first kappa shape index (κ1) is 25.6. The molecule has 2 aliphatic heterocycles. The second kappa shape index (κ2) is 10.2. The Balaban J connectivity index is 1.14. The molecule has 1 N–H and O–H groups in total. The van der Waals surface area contributed by atoms with Gasteiger partial charge in [0.15, 0.2) is 0 Å². The van der Waals surface area contributed by atoms with Gasteiger partial charge < -0.3 is 19.9 Å². The lowest BCUT2D eigenvalue weighted by molar-refractivity contribution is 0.0110. The molecule has 7 nitrogen and oxygen atoms in total. The molecule has 2 aliphatic rings. The molecule has 3 heterocycles. The Bertz CT molecular complexity index is 1470. The van der Waals surface area contributed by atoms with Crippen LogP contribution in [0, 0.1) is 0 Å². The normalized spacial score (nSPS) is 17.0. The maximum atomic E-state index is 13.1. The second-order valence-electron chi connectivity index (χ2n) is 11.7. The van der Waals surface area contributed by atoms with Gasteiger partial charge in [0.1, 0.15) is 22.4 Å². The number of hydrogen-bond donors (Lipinski definition) is 1. The number of ether oxygens (including phenoxy) is 1. The molecule has 4 aromatic rings. The van der Waals surface area contributed by atoms with Gasteiger partial charge in [-0.15, -0.1) is 0 Å². The molecular formula is C31H35N5O2S. The van der Waals surface area contributed by atoms with E-state index in [0.29, 0.717) is 18.8 Å². The Morgan fingerprint density at radius 2 is 1.69 bits per heavy atom.